The van der Waals surface area contributed by atoms with Gasteiger partial charge in [0.25, 0.3) is 0 Å². The summed E-state index contributed by atoms with van der Waals surface area (Å²) in [6, 6.07) is 7.67. The van der Waals surface area contributed by atoms with Gasteiger partial charge < -0.3 is 5.32 Å². The molecule has 0 radical (unpaired) electrons. The van der Waals surface area contributed by atoms with Crippen molar-refractivity contribution in [3.63, 3.8) is 0 Å². The number of carbonyl (C=O) groups excluding carboxylic acids is 1. The molecule has 0 unspecified atom stereocenters. The molecule has 0 aliphatic rings. The summed E-state index contributed by atoms with van der Waals surface area (Å²) >= 11 is 7.37. The van der Waals surface area contributed by atoms with Gasteiger partial charge in [-0.05, 0) is 31.0 Å². The van der Waals surface area contributed by atoms with Gasteiger partial charge in [-0.25, -0.2) is 0 Å². The van der Waals surface area contributed by atoms with E-state index in [9.17, 15) is 4.79 Å². The van der Waals surface area contributed by atoms with Crippen LogP contribution in [0.2, 0.25) is 5.02 Å². The van der Waals surface area contributed by atoms with Crippen LogP contribution in [0.5, 0.6) is 0 Å². The summed E-state index contributed by atoms with van der Waals surface area (Å²) in [5.41, 5.74) is 0.875. The molecule has 1 heterocycles. The van der Waals surface area contributed by atoms with Gasteiger partial charge in [-0.15, -0.1) is 10.2 Å². The van der Waals surface area contributed by atoms with E-state index >= 15 is 0 Å². The predicted octanol–water partition coefficient (Wildman–Crippen LogP) is 3.32. The van der Waals surface area contributed by atoms with Crippen LogP contribution < -0.4 is 5.32 Å². The van der Waals surface area contributed by atoms with Gasteiger partial charge in [0.05, 0.1) is 11.4 Å². The van der Waals surface area contributed by atoms with E-state index in [1.165, 1.54) is 11.8 Å². The molecule has 2 aromatic rings. The Morgan fingerprint density at radius 2 is 2.18 bits per heavy atom. The monoisotopic (exact) mass is 338 g/mol. The first-order chi connectivity index (χ1) is 10.6. The number of hydrogen-bond acceptors (Lipinski definition) is 4. The molecule has 0 spiro atoms. The van der Waals surface area contributed by atoms with Crippen molar-refractivity contribution in [2.75, 3.05) is 5.75 Å². The minimum atomic E-state index is 0.0133. The van der Waals surface area contributed by atoms with Crippen LogP contribution >= 0.6 is 23.4 Å². The lowest BCUT2D eigenvalue weighted by Crippen LogP contribution is -2.35. The van der Waals surface area contributed by atoms with E-state index in [1.807, 2.05) is 28.8 Å². The maximum Gasteiger partial charge on any atom is 0.230 e. The van der Waals surface area contributed by atoms with Crippen LogP contribution in [-0.2, 0) is 4.79 Å². The van der Waals surface area contributed by atoms with Crippen LogP contribution in [-0.4, -0.2) is 32.5 Å². The Hall–Kier alpha value is -1.53. The third-order valence-corrected chi connectivity index (χ3v) is 4.46. The molecule has 0 bridgehead atoms. The Kier molecular flexibility index (Phi) is 6.27. The fourth-order valence-electron chi connectivity index (χ4n) is 2.02. The molecule has 118 valence electrons. The molecule has 0 atom stereocenters. The van der Waals surface area contributed by atoms with Crippen molar-refractivity contribution in [1.82, 2.24) is 20.1 Å². The molecular weight excluding hydrogens is 320 g/mol. The molecule has 0 aliphatic heterocycles. The van der Waals surface area contributed by atoms with Gasteiger partial charge in [-0.3, -0.25) is 9.36 Å². The maximum atomic E-state index is 12.0. The molecule has 0 aliphatic carbocycles. The van der Waals surface area contributed by atoms with E-state index in [2.05, 4.69) is 29.4 Å². The number of halogens is 1. The molecule has 0 saturated heterocycles. The standard InChI is InChI=1S/C15H19ClN4OS/c1-3-12(4-2)18-14(21)9-22-15-19-17-10-20(15)13-7-5-6-11(16)8-13/h5-8,10,12H,3-4,9H2,1-2H3,(H,18,21). The molecular formula is C15H19ClN4OS. The molecule has 5 nitrogen and oxygen atoms in total. The number of nitrogens with zero attached hydrogens (tertiary/aromatic N) is 3. The lowest BCUT2D eigenvalue weighted by Gasteiger charge is -2.14. The first-order valence-corrected chi connectivity index (χ1v) is 8.58. The zero-order valence-electron chi connectivity index (χ0n) is 12.6. The molecule has 1 aromatic carbocycles. The number of nitrogens with one attached hydrogen (secondary N) is 1. The number of thioether (sulfide) groups is 1. The number of benzene rings is 1. The second kappa shape index (κ2) is 8.19. The largest absolute Gasteiger partial charge is 0.353 e. The third kappa shape index (κ3) is 4.48. The summed E-state index contributed by atoms with van der Waals surface area (Å²) in [7, 11) is 0. The molecule has 1 aromatic heterocycles. The smallest absolute Gasteiger partial charge is 0.230 e. The second-order valence-corrected chi connectivity index (χ2v) is 6.21. The number of aromatic nitrogens is 3. The van der Waals surface area contributed by atoms with E-state index < -0.39 is 0 Å². The average molecular weight is 339 g/mol. The van der Waals surface area contributed by atoms with Gasteiger partial charge >= 0.3 is 0 Å². The first kappa shape index (κ1) is 16.8. The van der Waals surface area contributed by atoms with Gasteiger partial charge in [0.1, 0.15) is 6.33 Å². The molecule has 0 saturated carbocycles. The molecule has 1 N–H and O–H groups in total. The fourth-order valence-corrected chi connectivity index (χ4v) is 2.94. The summed E-state index contributed by atoms with van der Waals surface area (Å²) in [6.45, 7) is 4.13. The van der Waals surface area contributed by atoms with Gasteiger partial charge in [0.15, 0.2) is 5.16 Å². The van der Waals surface area contributed by atoms with Crippen molar-refractivity contribution >= 4 is 29.3 Å². The topological polar surface area (TPSA) is 59.8 Å². The van der Waals surface area contributed by atoms with Crippen molar-refractivity contribution in [1.29, 1.82) is 0 Å². The molecule has 1 amide bonds. The predicted molar refractivity (Wildman–Crippen MR) is 89.6 cm³/mol. The Balaban J connectivity index is 2.00. The number of carbonyl (C=O) groups is 1. The average Bonchev–Trinajstić information content (AvgIpc) is 2.99. The highest BCUT2D eigenvalue weighted by Gasteiger charge is 2.12. The summed E-state index contributed by atoms with van der Waals surface area (Å²) in [4.78, 5) is 12.0. The summed E-state index contributed by atoms with van der Waals surface area (Å²) < 4.78 is 1.82. The zero-order valence-corrected chi connectivity index (χ0v) is 14.2. The SMILES string of the molecule is CCC(CC)NC(=O)CSc1nncn1-c1cccc(Cl)c1. The van der Waals surface area contributed by atoms with Crippen molar-refractivity contribution in [3.05, 3.63) is 35.6 Å². The lowest BCUT2D eigenvalue weighted by molar-refractivity contribution is -0.119. The minimum Gasteiger partial charge on any atom is -0.353 e. The highest BCUT2D eigenvalue weighted by Crippen LogP contribution is 2.21. The lowest BCUT2D eigenvalue weighted by atomic mass is 10.2. The van der Waals surface area contributed by atoms with E-state index in [0.29, 0.717) is 15.9 Å². The molecule has 7 heteroatoms. The molecule has 2 rings (SSSR count). The summed E-state index contributed by atoms with van der Waals surface area (Å²) in [5.74, 6) is 0.329. The van der Waals surface area contributed by atoms with Crippen LogP contribution in [0.3, 0.4) is 0 Å². The van der Waals surface area contributed by atoms with Crippen LogP contribution in [0.1, 0.15) is 26.7 Å². The van der Waals surface area contributed by atoms with Crippen molar-refractivity contribution in [3.8, 4) is 5.69 Å². The highest BCUT2D eigenvalue weighted by molar-refractivity contribution is 7.99. The van der Waals surface area contributed by atoms with Crippen LogP contribution in [0.4, 0.5) is 0 Å². The zero-order chi connectivity index (χ0) is 15.9. The van der Waals surface area contributed by atoms with Crippen molar-refractivity contribution < 1.29 is 4.79 Å². The van der Waals surface area contributed by atoms with Crippen LogP contribution in [0.15, 0.2) is 35.7 Å². The maximum absolute atomic E-state index is 12.0. The number of hydrogen-bond donors (Lipinski definition) is 1. The Morgan fingerprint density at radius 3 is 2.86 bits per heavy atom. The molecule has 0 fully saturated rings. The van der Waals surface area contributed by atoms with Gasteiger partial charge in [-0.2, -0.15) is 0 Å². The van der Waals surface area contributed by atoms with Gasteiger partial charge in [0, 0.05) is 11.1 Å². The number of amides is 1. The van der Waals surface area contributed by atoms with Crippen molar-refractivity contribution in [2.45, 2.75) is 37.9 Å². The van der Waals surface area contributed by atoms with Crippen LogP contribution in [0.25, 0.3) is 5.69 Å². The Bertz CT molecular complexity index is 628. The van der Waals surface area contributed by atoms with E-state index in [4.69, 9.17) is 11.6 Å². The third-order valence-electron chi connectivity index (χ3n) is 3.29. The van der Waals surface area contributed by atoms with E-state index in [-0.39, 0.29) is 11.9 Å². The van der Waals surface area contributed by atoms with Gasteiger partial charge in [0.2, 0.25) is 5.91 Å². The van der Waals surface area contributed by atoms with Crippen molar-refractivity contribution in [2.24, 2.45) is 0 Å². The minimum absolute atomic E-state index is 0.0133. The normalized spacial score (nSPS) is 10.9. The first-order valence-electron chi connectivity index (χ1n) is 7.22. The second-order valence-electron chi connectivity index (χ2n) is 4.83. The quantitative estimate of drug-likeness (QED) is 0.787. The highest BCUT2D eigenvalue weighted by atomic mass is 35.5. The summed E-state index contributed by atoms with van der Waals surface area (Å²) in [6.07, 6.45) is 3.49. The number of rotatable bonds is 7. The Labute approximate surface area is 139 Å². The summed E-state index contributed by atoms with van der Waals surface area (Å²) in [5, 5.41) is 12.3. The van der Waals surface area contributed by atoms with E-state index in [1.54, 1.807) is 6.33 Å². The molecule has 22 heavy (non-hydrogen) atoms. The van der Waals surface area contributed by atoms with Gasteiger partial charge in [-0.1, -0.05) is 43.3 Å². The van der Waals surface area contributed by atoms with Crippen LogP contribution in [0, 0.1) is 0 Å². The fraction of sp³-hybridized carbons (Fsp3) is 0.400. The van der Waals surface area contributed by atoms with E-state index in [0.717, 1.165) is 18.5 Å². The Morgan fingerprint density at radius 1 is 1.41 bits per heavy atom.